The maximum absolute atomic E-state index is 12.2. The maximum Gasteiger partial charge on any atom is 0.368 e. The number of sulfone groups is 1. The third kappa shape index (κ3) is 4.07. The van der Waals surface area contributed by atoms with E-state index < -0.39 is 32.8 Å². The molecule has 0 spiro atoms. The first kappa shape index (κ1) is 13.6. The summed E-state index contributed by atoms with van der Waals surface area (Å²) in [7, 11) is -3.74. The van der Waals surface area contributed by atoms with Gasteiger partial charge in [0, 0.05) is 0 Å². The summed E-state index contributed by atoms with van der Waals surface area (Å²) in [5.74, 6) is -3.18. The minimum Gasteiger partial charge on any atom is -0.436 e. The van der Waals surface area contributed by atoms with Crippen LogP contribution in [-0.4, -0.2) is 25.6 Å². The normalized spacial score (nSPS) is 12.6. The van der Waals surface area contributed by atoms with Gasteiger partial charge in [0.25, 0.3) is 0 Å². The lowest BCUT2D eigenvalue weighted by molar-refractivity contribution is -0.141. The van der Waals surface area contributed by atoms with Gasteiger partial charge in [0.2, 0.25) is 11.3 Å². The molecule has 0 bridgehead atoms. The summed E-state index contributed by atoms with van der Waals surface area (Å²) in [5, 5.41) is 0. The van der Waals surface area contributed by atoms with Crippen LogP contribution in [0.25, 0.3) is 0 Å². The average Bonchev–Trinajstić information content (AvgIpc) is 2.12. The molecule has 0 aliphatic carbocycles. The van der Waals surface area contributed by atoms with E-state index in [1.807, 2.05) is 0 Å². The molecule has 0 aromatic rings. The SMILES string of the molecule is C=CCS(=O)(=O)C(C=C)OC(=O)C(=C)F. The Morgan fingerprint density at radius 1 is 1.47 bits per heavy atom. The van der Waals surface area contributed by atoms with Crippen molar-refractivity contribution in [2.75, 3.05) is 5.75 Å². The van der Waals surface area contributed by atoms with E-state index in [1.165, 1.54) is 0 Å². The molecule has 15 heavy (non-hydrogen) atoms. The molecule has 0 aromatic carbocycles. The van der Waals surface area contributed by atoms with Gasteiger partial charge in [-0.1, -0.05) is 19.2 Å². The molecule has 0 aromatic heterocycles. The van der Waals surface area contributed by atoms with E-state index in [9.17, 15) is 17.6 Å². The van der Waals surface area contributed by atoms with Gasteiger partial charge in [-0.25, -0.2) is 13.2 Å². The Labute approximate surface area is 87.7 Å². The zero-order chi connectivity index (χ0) is 12.1. The largest absolute Gasteiger partial charge is 0.436 e. The maximum atomic E-state index is 12.2. The average molecular weight is 234 g/mol. The van der Waals surface area contributed by atoms with Crippen LogP contribution in [-0.2, 0) is 19.4 Å². The fourth-order valence-electron chi connectivity index (χ4n) is 0.697. The van der Waals surface area contributed by atoms with E-state index in [0.29, 0.717) is 0 Å². The highest BCUT2D eigenvalue weighted by molar-refractivity contribution is 7.92. The van der Waals surface area contributed by atoms with E-state index in [2.05, 4.69) is 24.5 Å². The van der Waals surface area contributed by atoms with Crippen LogP contribution in [0.1, 0.15) is 0 Å². The van der Waals surface area contributed by atoms with Crippen LogP contribution < -0.4 is 0 Å². The number of rotatable bonds is 6. The van der Waals surface area contributed by atoms with Gasteiger partial charge in [0.05, 0.1) is 5.75 Å². The van der Waals surface area contributed by atoms with Crippen molar-refractivity contribution in [3.05, 3.63) is 37.7 Å². The molecular formula is C9H11FO4S. The van der Waals surface area contributed by atoms with Crippen LogP contribution in [0.15, 0.2) is 37.7 Å². The Hall–Kier alpha value is -1.43. The minimum atomic E-state index is -3.74. The lowest BCUT2D eigenvalue weighted by Crippen LogP contribution is -2.27. The highest BCUT2D eigenvalue weighted by atomic mass is 32.2. The predicted molar refractivity (Wildman–Crippen MR) is 54.3 cm³/mol. The van der Waals surface area contributed by atoms with Gasteiger partial charge in [-0.05, 0) is 6.08 Å². The second-order valence-electron chi connectivity index (χ2n) is 2.53. The van der Waals surface area contributed by atoms with Crippen molar-refractivity contribution in [1.29, 1.82) is 0 Å². The summed E-state index contributed by atoms with van der Waals surface area (Å²) in [6, 6.07) is 0. The fourth-order valence-corrected chi connectivity index (χ4v) is 1.74. The number of carbonyl (C=O) groups is 1. The molecule has 1 atom stereocenters. The Morgan fingerprint density at radius 3 is 2.33 bits per heavy atom. The van der Waals surface area contributed by atoms with Gasteiger partial charge in [0.15, 0.2) is 9.84 Å². The fraction of sp³-hybridized carbons (Fsp3) is 0.222. The molecule has 0 radical (unpaired) electrons. The van der Waals surface area contributed by atoms with Crippen molar-refractivity contribution in [2.45, 2.75) is 5.44 Å². The van der Waals surface area contributed by atoms with Crippen molar-refractivity contribution in [3.8, 4) is 0 Å². The Balaban J connectivity index is 4.79. The third-order valence-corrected chi connectivity index (χ3v) is 3.04. The molecule has 6 heteroatoms. The summed E-state index contributed by atoms with van der Waals surface area (Å²) in [4.78, 5) is 10.7. The van der Waals surface area contributed by atoms with E-state index in [0.717, 1.165) is 12.2 Å². The van der Waals surface area contributed by atoms with E-state index in [4.69, 9.17) is 0 Å². The van der Waals surface area contributed by atoms with Crippen LogP contribution >= 0.6 is 0 Å². The third-order valence-electron chi connectivity index (χ3n) is 1.34. The quantitative estimate of drug-likeness (QED) is 0.392. The zero-order valence-electron chi connectivity index (χ0n) is 7.98. The molecule has 0 aliphatic rings. The lowest BCUT2D eigenvalue weighted by Gasteiger charge is -2.12. The molecule has 0 N–H and O–H groups in total. The van der Waals surface area contributed by atoms with Crippen molar-refractivity contribution in [3.63, 3.8) is 0 Å². The van der Waals surface area contributed by atoms with Crippen LogP contribution in [0.3, 0.4) is 0 Å². The van der Waals surface area contributed by atoms with Gasteiger partial charge in [-0.2, -0.15) is 4.39 Å². The summed E-state index contributed by atoms with van der Waals surface area (Å²) in [6.07, 6.45) is 2.02. The van der Waals surface area contributed by atoms with Crippen molar-refractivity contribution >= 4 is 15.8 Å². The first-order chi connectivity index (χ1) is 6.85. The Bertz CT molecular complexity index is 383. The molecule has 0 fully saturated rings. The predicted octanol–water partition coefficient (Wildman–Crippen LogP) is 1.13. The minimum absolute atomic E-state index is 0.393. The molecule has 0 heterocycles. The van der Waals surface area contributed by atoms with E-state index in [1.54, 1.807) is 0 Å². The molecule has 0 saturated carbocycles. The van der Waals surface area contributed by atoms with Crippen molar-refractivity contribution < 1.29 is 22.3 Å². The van der Waals surface area contributed by atoms with Crippen molar-refractivity contribution in [2.24, 2.45) is 0 Å². The summed E-state index contributed by atoms with van der Waals surface area (Å²) >= 11 is 0. The molecular weight excluding hydrogens is 223 g/mol. The number of hydrogen-bond donors (Lipinski definition) is 0. The van der Waals surface area contributed by atoms with Gasteiger partial charge in [-0.3, -0.25) is 0 Å². The summed E-state index contributed by atoms with van der Waals surface area (Å²) in [5.41, 5.74) is -1.59. The number of hydrogen-bond acceptors (Lipinski definition) is 4. The van der Waals surface area contributed by atoms with Crippen molar-refractivity contribution in [1.82, 2.24) is 0 Å². The molecule has 84 valence electrons. The smallest absolute Gasteiger partial charge is 0.368 e. The number of esters is 1. The molecule has 0 saturated heterocycles. The van der Waals surface area contributed by atoms with Gasteiger partial charge >= 0.3 is 5.97 Å². The Morgan fingerprint density at radius 2 is 2.00 bits per heavy atom. The van der Waals surface area contributed by atoms with E-state index in [-0.39, 0.29) is 0 Å². The lowest BCUT2D eigenvalue weighted by atomic mass is 10.6. The second-order valence-corrected chi connectivity index (χ2v) is 4.66. The second kappa shape index (κ2) is 5.45. The highest BCUT2D eigenvalue weighted by Crippen LogP contribution is 2.09. The molecule has 0 rings (SSSR count). The molecule has 0 aliphatic heterocycles. The number of ether oxygens (including phenoxy) is 1. The standard InChI is InChI=1S/C9H11FO4S/c1-4-6-15(12,13)8(5-2)14-9(11)7(3)10/h4-5,8H,1-3,6H2. The Kier molecular flexibility index (Phi) is 4.93. The first-order valence-electron chi connectivity index (χ1n) is 3.85. The topological polar surface area (TPSA) is 60.4 Å². The van der Waals surface area contributed by atoms with Crippen LogP contribution in [0, 0.1) is 0 Å². The number of carbonyl (C=O) groups excluding carboxylic acids is 1. The first-order valence-corrected chi connectivity index (χ1v) is 5.57. The highest BCUT2D eigenvalue weighted by Gasteiger charge is 2.26. The van der Waals surface area contributed by atoms with Crippen LogP contribution in [0.4, 0.5) is 4.39 Å². The van der Waals surface area contributed by atoms with Gasteiger partial charge < -0.3 is 4.74 Å². The van der Waals surface area contributed by atoms with Gasteiger partial charge in [0.1, 0.15) is 0 Å². The van der Waals surface area contributed by atoms with Gasteiger partial charge in [-0.15, -0.1) is 6.58 Å². The summed E-state index contributed by atoms with van der Waals surface area (Å²) < 4.78 is 39.3. The zero-order valence-corrected chi connectivity index (χ0v) is 8.80. The van der Waals surface area contributed by atoms with E-state index >= 15 is 0 Å². The van der Waals surface area contributed by atoms with Crippen LogP contribution in [0.5, 0.6) is 0 Å². The van der Waals surface area contributed by atoms with Crippen LogP contribution in [0.2, 0.25) is 0 Å². The monoisotopic (exact) mass is 234 g/mol. The summed E-state index contributed by atoms with van der Waals surface area (Å²) in [6.45, 7) is 9.09. The molecule has 1 unspecified atom stereocenters. The number of halogens is 1. The molecule has 0 amide bonds. The molecule has 4 nitrogen and oxygen atoms in total.